The van der Waals surface area contributed by atoms with E-state index in [-0.39, 0.29) is 12.5 Å². The molecule has 0 saturated heterocycles. The van der Waals surface area contributed by atoms with Crippen LogP contribution in [0, 0.1) is 5.92 Å². The average Bonchev–Trinajstić information content (AvgIpc) is 2.19. The van der Waals surface area contributed by atoms with E-state index in [1.54, 1.807) is 7.11 Å². The molecule has 14 heavy (non-hydrogen) atoms. The van der Waals surface area contributed by atoms with Crippen molar-refractivity contribution in [3.63, 3.8) is 0 Å². The second-order valence-electron chi connectivity index (χ2n) is 3.81. The van der Waals surface area contributed by atoms with Gasteiger partial charge in [0.15, 0.2) is 0 Å². The van der Waals surface area contributed by atoms with Crippen molar-refractivity contribution in [3.05, 3.63) is 29.8 Å². The summed E-state index contributed by atoms with van der Waals surface area (Å²) in [5, 5.41) is 9.25. The zero-order chi connectivity index (χ0) is 10.6. The van der Waals surface area contributed by atoms with E-state index in [9.17, 15) is 5.11 Å². The minimum atomic E-state index is 0.198. The van der Waals surface area contributed by atoms with Crippen molar-refractivity contribution in [3.8, 4) is 5.75 Å². The molecule has 1 rings (SSSR count). The molecule has 0 amide bonds. The van der Waals surface area contributed by atoms with Crippen molar-refractivity contribution in [1.29, 1.82) is 0 Å². The van der Waals surface area contributed by atoms with Crippen LogP contribution in [0.15, 0.2) is 24.3 Å². The predicted molar refractivity (Wildman–Crippen MR) is 57.7 cm³/mol. The summed E-state index contributed by atoms with van der Waals surface area (Å²) in [6.07, 6.45) is 0. The quantitative estimate of drug-likeness (QED) is 0.797. The van der Waals surface area contributed by atoms with Crippen LogP contribution in [0.25, 0.3) is 0 Å². The molecule has 0 aromatic heterocycles. The van der Waals surface area contributed by atoms with Gasteiger partial charge >= 0.3 is 0 Å². The van der Waals surface area contributed by atoms with Crippen LogP contribution in [0.1, 0.15) is 25.3 Å². The summed E-state index contributed by atoms with van der Waals surface area (Å²) >= 11 is 0. The van der Waals surface area contributed by atoms with E-state index < -0.39 is 0 Å². The molecule has 1 atom stereocenters. The lowest BCUT2D eigenvalue weighted by atomic mass is 9.89. The number of hydrogen-bond donors (Lipinski definition) is 1. The normalized spacial score (nSPS) is 12.9. The highest BCUT2D eigenvalue weighted by Crippen LogP contribution is 2.25. The first kappa shape index (κ1) is 11.1. The van der Waals surface area contributed by atoms with Crippen LogP contribution in [-0.4, -0.2) is 18.8 Å². The second kappa shape index (κ2) is 5.01. The zero-order valence-electron chi connectivity index (χ0n) is 9.03. The van der Waals surface area contributed by atoms with Gasteiger partial charge in [-0.05, 0) is 23.6 Å². The summed E-state index contributed by atoms with van der Waals surface area (Å²) in [5.41, 5.74) is 1.17. The first-order valence-corrected chi connectivity index (χ1v) is 4.93. The Morgan fingerprint density at radius 2 is 1.79 bits per heavy atom. The smallest absolute Gasteiger partial charge is 0.118 e. The third-order valence-corrected chi connectivity index (χ3v) is 2.55. The Balaban J connectivity index is 2.84. The van der Waals surface area contributed by atoms with Gasteiger partial charge in [0, 0.05) is 5.92 Å². The SMILES string of the molecule is COc1ccc(C(CO)C(C)C)cc1. The molecular weight excluding hydrogens is 176 g/mol. The van der Waals surface area contributed by atoms with Crippen LogP contribution in [0.5, 0.6) is 5.75 Å². The Bertz CT molecular complexity index is 264. The first-order chi connectivity index (χ1) is 6.69. The molecule has 0 fully saturated rings. The number of benzene rings is 1. The number of rotatable bonds is 4. The summed E-state index contributed by atoms with van der Waals surface area (Å²) < 4.78 is 5.08. The minimum absolute atomic E-state index is 0.198. The number of ether oxygens (including phenoxy) is 1. The zero-order valence-corrected chi connectivity index (χ0v) is 9.03. The van der Waals surface area contributed by atoms with Gasteiger partial charge in [0.2, 0.25) is 0 Å². The fourth-order valence-corrected chi connectivity index (χ4v) is 1.55. The minimum Gasteiger partial charge on any atom is -0.497 e. The van der Waals surface area contributed by atoms with Gasteiger partial charge < -0.3 is 9.84 Å². The van der Waals surface area contributed by atoms with Gasteiger partial charge in [-0.1, -0.05) is 26.0 Å². The van der Waals surface area contributed by atoms with Crippen LogP contribution >= 0.6 is 0 Å². The Morgan fingerprint density at radius 3 is 2.14 bits per heavy atom. The maximum Gasteiger partial charge on any atom is 0.118 e. The average molecular weight is 194 g/mol. The first-order valence-electron chi connectivity index (χ1n) is 4.93. The van der Waals surface area contributed by atoms with Crippen molar-refractivity contribution < 1.29 is 9.84 Å². The summed E-state index contributed by atoms with van der Waals surface area (Å²) in [5.74, 6) is 1.53. The fraction of sp³-hybridized carbons (Fsp3) is 0.500. The molecule has 78 valence electrons. The van der Waals surface area contributed by atoms with Crippen LogP contribution in [0.2, 0.25) is 0 Å². The van der Waals surface area contributed by atoms with Crippen molar-refractivity contribution >= 4 is 0 Å². The van der Waals surface area contributed by atoms with Crippen molar-refractivity contribution in [2.24, 2.45) is 5.92 Å². The largest absolute Gasteiger partial charge is 0.497 e. The van der Waals surface area contributed by atoms with Gasteiger partial charge in [-0.2, -0.15) is 0 Å². The van der Waals surface area contributed by atoms with Crippen LogP contribution in [0.3, 0.4) is 0 Å². The van der Waals surface area contributed by atoms with E-state index in [4.69, 9.17) is 4.74 Å². The molecule has 1 aromatic carbocycles. The molecule has 1 aromatic rings. The highest BCUT2D eigenvalue weighted by atomic mass is 16.5. The molecule has 0 spiro atoms. The fourth-order valence-electron chi connectivity index (χ4n) is 1.55. The molecule has 0 saturated carbocycles. The van der Waals surface area contributed by atoms with Gasteiger partial charge in [0.1, 0.15) is 5.75 Å². The van der Waals surface area contributed by atoms with E-state index >= 15 is 0 Å². The lowest BCUT2D eigenvalue weighted by molar-refractivity contribution is 0.237. The predicted octanol–water partition coefficient (Wildman–Crippen LogP) is 2.43. The second-order valence-corrected chi connectivity index (χ2v) is 3.81. The van der Waals surface area contributed by atoms with E-state index in [0.29, 0.717) is 5.92 Å². The molecule has 0 aliphatic heterocycles. The Kier molecular flexibility index (Phi) is 3.96. The summed E-state index contributed by atoms with van der Waals surface area (Å²) in [7, 11) is 1.65. The molecule has 2 nitrogen and oxygen atoms in total. The van der Waals surface area contributed by atoms with E-state index in [0.717, 1.165) is 5.75 Å². The molecule has 1 unspecified atom stereocenters. The van der Waals surface area contributed by atoms with Crippen molar-refractivity contribution in [2.45, 2.75) is 19.8 Å². The van der Waals surface area contributed by atoms with Gasteiger partial charge in [0.05, 0.1) is 13.7 Å². The van der Waals surface area contributed by atoms with Gasteiger partial charge in [-0.25, -0.2) is 0 Å². The molecule has 0 aliphatic carbocycles. The lowest BCUT2D eigenvalue weighted by Crippen LogP contribution is -2.10. The standard InChI is InChI=1S/C12H18O2/c1-9(2)12(8-13)10-4-6-11(14-3)7-5-10/h4-7,9,12-13H,8H2,1-3H3. The Labute approximate surface area is 85.5 Å². The summed E-state index contributed by atoms with van der Waals surface area (Å²) in [6.45, 7) is 4.43. The van der Waals surface area contributed by atoms with Gasteiger partial charge in [0.25, 0.3) is 0 Å². The highest BCUT2D eigenvalue weighted by molar-refractivity contribution is 5.29. The molecular formula is C12H18O2. The van der Waals surface area contributed by atoms with Crippen molar-refractivity contribution in [2.75, 3.05) is 13.7 Å². The molecule has 1 N–H and O–H groups in total. The van der Waals surface area contributed by atoms with Crippen LogP contribution in [-0.2, 0) is 0 Å². The third kappa shape index (κ3) is 2.48. The number of hydrogen-bond acceptors (Lipinski definition) is 2. The Morgan fingerprint density at radius 1 is 1.21 bits per heavy atom. The summed E-state index contributed by atoms with van der Waals surface area (Å²) in [4.78, 5) is 0. The maximum absolute atomic E-state index is 9.25. The van der Waals surface area contributed by atoms with Gasteiger partial charge in [-0.3, -0.25) is 0 Å². The molecule has 0 radical (unpaired) electrons. The molecule has 2 heteroatoms. The lowest BCUT2D eigenvalue weighted by Gasteiger charge is -2.18. The number of aliphatic hydroxyl groups excluding tert-OH is 1. The number of methoxy groups -OCH3 is 1. The topological polar surface area (TPSA) is 29.5 Å². The van der Waals surface area contributed by atoms with Crippen molar-refractivity contribution in [1.82, 2.24) is 0 Å². The third-order valence-electron chi connectivity index (χ3n) is 2.55. The molecule has 0 heterocycles. The van der Waals surface area contributed by atoms with Gasteiger partial charge in [-0.15, -0.1) is 0 Å². The van der Waals surface area contributed by atoms with E-state index in [1.165, 1.54) is 5.56 Å². The van der Waals surface area contributed by atoms with E-state index in [2.05, 4.69) is 13.8 Å². The van der Waals surface area contributed by atoms with Crippen LogP contribution in [0.4, 0.5) is 0 Å². The van der Waals surface area contributed by atoms with E-state index in [1.807, 2.05) is 24.3 Å². The maximum atomic E-state index is 9.25. The summed E-state index contributed by atoms with van der Waals surface area (Å²) in [6, 6.07) is 7.89. The van der Waals surface area contributed by atoms with Crippen LogP contribution < -0.4 is 4.74 Å². The highest BCUT2D eigenvalue weighted by Gasteiger charge is 2.14. The molecule has 0 aliphatic rings. The number of aliphatic hydroxyl groups is 1. The Hall–Kier alpha value is -1.02. The molecule has 0 bridgehead atoms. The monoisotopic (exact) mass is 194 g/mol.